The van der Waals surface area contributed by atoms with E-state index in [0.717, 1.165) is 32.0 Å². The van der Waals surface area contributed by atoms with Gasteiger partial charge in [0, 0.05) is 44.1 Å². The monoisotopic (exact) mass is 446 g/mol. The van der Waals surface area contributed by atoms with Crippen molar-refractivity contribution >= 4 is 5.82 Å². The molecule has 174 valence electrons. The predicted octanol–water partition coefficient (Wildman–Crippen LogP) is 2.77. The van der Waals surface area contributed by atoms with Gasteiger partial charge < -0.3 is 15.5 Å². The first-order chi connectivity index (χ1) is 16.2. The Bertz CT molecular complexity index is 1050. The van der Waals surface area contributed by atoms with Crippen LogP contribution in [0.4, 0.5) is 5.82 Å². The molecule has 3 heterocycles. The van der Waals surface area contributed by atoms with Crippen LogP contribution in [-0.2, 0) is 13.1 Å². The summed E-state index contributed by atoms with van der Waals surface area (Å²) in [7, 11) is 4.16. The normalized spacial score (nSPS) is 20.0. The molecule has 0 amide bonds. The van der Waals surface area contributed by atoms with Crippen LogP contribution in [0, 0.1) is 0 Å². The molecule has 0 radical (unpaired) electrons. The molecule has 0 bridgehead atoms. The Kier molecular flexibility index (Phi) is 6.68. The molecule has 2 aromatic heterocycles. The van der Waals surface area contributed by atoms with Gasteiger partial charge >= 0.3 is 0 Å². The largest absolute Gasteiger partial charge is 0.351 e. The predicted molar refractivity (Wildman–Crippen MR) is 131 cm³/mol. The third kappa shape index (κ3) is 5.25. The average Bonchev–Trinajstić information content (AvgIpc) is 3.60. The number of likely N-dealkylation sites (N-methyl/N-ethyl adjacent to an activating group) is 2. The summed E-state index contributed by atoms with van der Waals surface area (Å²) in [6.45, 7) is 3.70. The van der Waals surface area contributed by atoms with E-state index in [1.165, 1.54) is 35.1 Å². The van der Waals surface area contributed by atoms with Crippen LogP contribution in [0.15, 0.2) is 55.0 Å². The second-order valence-electron chi connectivity index (χ2n) is 9.12. The van der Waals surface area contributed by atoms with Crippen molar-refractivity contribution in [3.8, 4) is 0 Å². The lowest BCUT2D eigenvalue weighted by Crippen LogP contribution is -2.43. The smallest absolute Gasteiger partial charge is 0.132 e. The van der Waals surface area contributed by atoms with Crippen LogP contribution in [0.1, 0.15) is 53.5 Å². The molecule has 0 spiro atoms. The van der Waals surface area contributed by atoms with Gasteiger partial charge in [-0.1, -0.05) is 24.3 Å². The molecule has 2 atom stereocenters. The maximum absolute atomic E-state index is 4.73. The molecule has 2 aliphatic rings. The highest BCUT2D eigenvalue weighted by atomic mass is 15.4. The maximum atomic E-state index is 4.73. The van der Waals surface area contributed by atoms with Gasteiger partial charge in [0.1, 0.15) is 12.0 Å². The van der Waals surface area contributed by atoms with E-state index in [-0.39, 0.29) is 12.3 Å². The van der Waals surface area contributed by atoms with Crippen molar-refractivity contribution in [2.45, 2.75) is 44.3 Å². The van der Waals surface area contributed by atoms with Gasteiger partial charge in [-0.25, -0.2) is 4.68 Å². The van der Waals surface area contributed by atoms with E-state index in [1.807, 2.05) is 37.8 Å². The third-order valence-corrected chi connectivity index (χ3v) is 6.38. The number of aromatic nitrogens is 3. The van der Waals surface area contributed by atoms with E-state index >= 15 is 0 Å². The van der Waals surface area contributed by atoms with Gasteiger partial charge in [0.15, 0.2) is 0 Å². The SMILES string of the molecule is CNCCN(C)Cc1cccc(C2Nc3c(cnn3C3CC3)C(NCc3ccncc3)N2)c1. The fraction of sp³-hybridized carbons (Fsp3) is 0.440. The number of hydrogen-bond donors (Lipinski definition) is 4. The van der Waals surface area contributed by atoms with Crippen molar-refractivity contribution in [2.24, 2.45) is 0 Å². The van der Waals surface area contributed by atoms with E-state index in [1.54, 1.807) is 0 Å². The Labute approximate surface area is 195 Å². The molecule has 1 saturated carbocycles. The summed E-state index contributed by atoms with van der Waals surface area (Å²) in [5, 5.41) is 19.2. The highest BCUT2D eigenvalue weighted by Crippen LogP contribution is 2.41. The molecule has 1 aromatic carbocycles. The summed E-state index contributed by atoms with van der Waals surface area (Å²) >= 11 is 0. The fourth-order valence-electron chi connectivity index (χ4n) is 4.40. The lowest BCUT2D eigenvalue weighted by atomic mass is 10.0. The average molecular weight is 447 g/mol. The summed E-state index contributed by atoms with van der Waals surface area (Å²) < 4.78 is 2.18. The molecular weight excluding hydrogens is 412 g/mol. The first-order valence-corrected chi connectivity index (χ1v) is 11.9. The first kappa shape index (κ1) is 22.0. The fourth-order valence-corrected chi connectivity index (χ4v) is 4.40. The molecule has 8 nitrogen and oxygen atoms in total. The summed E-state index contributed by atoms with van der Waals surface area (Å²) in [6.07, 6.45) is 8.10. The topological polar surface area (TPSA) is 82.1 Å². The second-order valence-corrected chi connectivity index (χ2v) is 9.12. The van der Waals surface area contributed by atoms with E-state index in [4.69, 9.17) is 5.10 Å². The minimum absolute atomic E-state index is 0.00389. The lowest BCUT2D eigenvalue weighted by Gasteiger charge is -2.34. The number of rotatable bonds is 10. The number of benzene rings is 1. The van der Waals surface area contributed by atoms with Crippen LogP contribution in [0.3, 0.4) is 0 Å². The van der Waals surface area contributed by atoms with Crippen LogP contribution >= 0.6 is 0 Å². The standard InChI is InChI=1S/C25H34N8/c1-26-12-13-32(2)17-19-4-3-5-20(14-19)23-30-24(28-15-18-8-10-27-11-9-18)22-16-29-33(21-6-7-21)25(22)31-23/h3-5,8-11,14,16,21,23-24,26,28,30-31H,6-7,12-13,15,17H2,1-2H3. The van der Waals surface area contributed by atoms with Crippen LogP contribution in [0.5, 0.6) is 0 Å². The Balaban J connectivity index is 1.36. The van der Waals surface area contributed by atoms with Crippen molar-refractivity contribution in [2.75, 3.05) is 32.5 Å². The van der Waals surface area contributed by atoms with Crippen LogP contribution in [0.2, 0.25) is 0 Å². The number of anilines is 1. The molecule has 1 fully saturated rings. The van der Waals surface area contributed by atoms with Gasteiger partial charge in [0.25, 0.3) is 0 Å². The van der Waals surface area contributed by atoms with Gasteiger partial charge in [0.05, 0.1) is 18.4 Å². The minimum Gasteiger partial charge on any atom is -0.351 e. The Morgan fingerprint density at radius 1 is 1.15 bits per heavy atom. The molecule has 4 N–H and O–H groups in total. The van der Waals surface area contributed by atoms with Gasteiger partial charge in [-0.15, -0.1) is 0 Å². The number of nitrogens with zero attached hydrogens (tertiary/aromatic N) is 4. The number of nitrogens with one attached hydrogen (secondary N) is 4. The quantitative estimate of drug-likeness (QED) is 0.381. The van der Waals surface area contributed by atoms with E-state index in [9.17, 15) is 0 Å². The van der Waals surface area contributed by atoms with Crippen molar-refractivity contribution in [1.29, 1.82) is 0 Å². The van der Waals surface area contributed by atoms with Crippen LogP contribution < -0.4 is 21.3 Å². The van der Waals surface area contributed by atoms with Gasteiger partial charge in [0.2, 0.25) is 0 Å². The van der Waals surface area contributed by atoms with E-state index in [0.29, 0.717) is 6.04 Å². The second kappa shape index (κ2) is 10.0. The molecule has 2 unspecified atom stereocenters. The van der Waals surface area contributed by atoms with E-state index in [2.05, 4.69) is 67.1 Å². The zero-order chi connectivity index (χ0) is 22.6. The summed E-state index contributed by atoms with van der Waals surface area (Å²) in [5.41, 5.74) is 4.94. The lowest BCUT2D eigenvalue weighted by molar-refractivity contribution is 0.327. The summed E-state index contributed by atoms with van der Waals surface area (Å²) in [5.74, 6) is 1.13. The molecule has 8 heteroatoms. The summed E-state index contributed by atoms with van der Waals surface area (Å²) in [6, 6.07) is 13.5. The maximum Gasteiger partial charge on any atom is 0.132 e. The number of hydrogen-bond acceptors (Lipinski definition) is 7. The van der Waals surface area contributed by atoms with Crippen molar-refractivity contribution in [3.63, 3.8) is 0 Å². The van der Waals surface area contributed by atoms with E-state index < -0.39 is 0 Å². The molecule has 3 aromatic rings. The highest BCUT2D eigenvalue weighted by Gasteiger charge is 2.34. The zero-order valence-electron chi connectivity index (χ0n) is 19.5. The molecule has 1 aliphatic heterocycles. The molecule has 0 saturated heterocycles. The first-order valence-electron chi connectivity index (χ1n) is 11.9. The highest BCUT2D eigenvalue weighted by molar-refractivity contribution is 5.51. The van der Waals surface area contributed by atoms with Gasteiger partial charge in [-0.3, -0.25) is 15.6 Å². The summed E-state index contributed by atoms with van der Waals surface area (Å²) in [4.78, 5) is 6.47. The Morgan fingerprint density at radius 2 is 2.00 bits per heavy atom. The zero-order valence-corrected chi connectivity index (χ0v) is 19.5. The van der Waals surface area contributed by atoms with Crippen molar-refractivity contribution in [3.05, 3.63) is 77.2 Å². The molecule has 5 rings (SSSR count). The third-order valence-electron chi connectivity index (χ3n) is 6.38. The number of fused-ring (bicyclic) bond motifs is 1. The van der Waals surface area contributed by atoms with Crippen molar-refractivity contribution < 1.29 is 0 Å². The molecular formula is C25H34N8. The molecule has 33 heavy (non-hydrogen) atoms. The molecule has 1 aliphatic carbocycles. The van der Waals surface area contributed by atoms with Gasteiger partial charge in [-0.05, 0) is 55.8 Å². The Hall–Kier alpha value is -2.78. The van der Waals surface area contributed by atoms with Crippen LogP contribution in [-0.4, -0.2) is 46.8 Å². The number of pyridine rings is 1. The van der Waals surface area contributed by atoms with Crippen molar-refractivity contribution in [1.82, 2.24) is 35.6 Å². The van der Waals surface area contributed by atoms with Crippen LogP contribution in [0.25, 0.3) is 0 Å². The van der Waals surface area contributed by atoms with Gasteiger partial charge in [-0.2, -0.15) is 5.10 Å². The minimum atomic E-state index is 0.00389. The Morgan fingerprint density at radius 3 is 2.79 bits per heavy atom.